The van der Waals surface area contributed by atoms with Crippen LogP contribution in [0.15, 0.2) is 0 Å². The van der Waals surface area contributed by atoms with Crippen molar-refractivity contribution in [1.82, 2.24) is 4.90 Å². The van der Waals surface area contributed by atoms with Gasteiger partial charge in [-0.25, -0.2) is 0 Å². The van der Waals surface area contributed by atoms with E-state index in [9.17, 15) is 5.11 Å². The average Bonchev–Trinajstić information content (AvgIpc) is 2.13. The van der Waals surface area contributed by atoms with Gasteiger partial charge >= 0.3 is 0 Å². The van der Waals surface area contributed by atoms with Crippen LogP contribution in [-0.4, -0.2) is 62.7 Å². The monoisotopic (exact) mass is 187 g/mol. The lowest BCUT2D eigenvalue weighted by atomic mass is 9.86. The number of morpholine rings is 1. The normalized spacial score (nSPS) is 28.4. The molecule has 0 atom stereocenters. The molecule has 0 bridgehead atoms. The Morgan fingerprint density at radius 2 is 1.85 bits per heavy atom. The van der Waals surface area contributed by atoms with E-state index in [0.717, 1.165) is 32.8 Å². The van der Waals surface area contributed by atoms with Crippen molar-refractivity contribution in [2.45, 2.75) is 0 Å². The van der Waals surface area contributed by atoms with Gasteiger partial charge in [-0.3, -0.25) is 4.90 Å². The molecule has 0 amide bonds. The molecule has 2 saturated heterocycles. The van der Waals surface area contributed by atoms with Gasteiger partial charge in [-0.05, 0) is 0 Å². The molecular formula is C9H17NO3. The van der Waals surface area contributed by atoms with Gasteiger partial charge in [-0.15, -0.1) is 0 Å². The third-order valence-corrected chi connectivity index (χ3v) is 2.81. The third-order valence-electron chi connectivity index (χ3n) is 2.81. The molecule has 2 aliphatic heterocycles. The first-order chi connectivity index (χ1) is 6.35. The van der Waals surface area contributed by atoms with E-state index in [1.54, 1.807) is 0 Å². The van der Waals surface area contributed by atoms with E-state index >= 15 is 0 Å². The van der Waals surface area contributed by atoms with Crippen molar-refractivity contribution < 1.29 is 14.6 Å². The van der Waals surface area contributed by atoms with Crippen LogP contribution >= 0.6 is 0 Å². The van der Waals surface area contributed by atoms with Gasteiger partial charge in [0.25, 0.3) is 0 Å². The second kappa shape index (κ2) is 3.92. The van der Waals surface area contributed by atoms with E-state index in [2.05, 4.69) is 4.90 Å². The van der Waals surface area contributed by atoms with Gasteiger partial charge in [0.05, 0.1) is 38.4 Å². The van der Waals surface area contributed by atoms with Crippen molar-refractivity contribution in [2.75, 3.05) is 52.7 Å². The van der Waals surface area contributed by atoms with Crippen molar-refractivity contribution in [3.8, 4) is 0 Å². The molecule has 4 heteroatoms. The lowest BCUT2D eigenvalue weighted by Crippen LogP contribution is -2.55. The van der Waals surface area contributed by atoms with Gasteiger partial charge < -0.3 is 14.6 Å². The van der Waals surface area contributed by atoms with E-state index in [1.807, 2.05) is 0 Å². The molecule has 0 aromatic heterocycles. The topological polar surface area (TPSA) is 41.9 Å². The summed E-state index contributed by atoms with van der Waals surface area (Å²) in [5, 5.41) is 9.23. The molecule has 0 spiro atoms. The zero-order chi connectivity index (χ0) is 9.15. The molecule has 2 aliphatic rings. The molecule has 0 aromatic carbocycles. The molecule has 2 heterocycles. The first-order valence-corrected chi connectivity index (χ1v) is 4.83. The highest BCUT2D eigenvalue weighted by molar-refractivity contribution is 4.88. The van der Waals surface area contributed by atoms with E-state index < -0.39 is 0 Å². The van der Waals surface area contributed by atoms with Crippen LogP contribution in [0.25, 0.3) is 0 Å². The molecular weight excluding hydrogens is 170 g/mol. The van der Waals surface area contributed by atoms with E-state index in [1.165, 1.54) is 0 Å². The summed E-state index contributed by atoms with van der Waals surface area (Å²) in [5.74, 6) is 0. The fourth-order valence-corrected chi connectivity index (χ4v) is 1.86. The number of aliphatic hydroxyl groups excluding tert-OH is 1. The minimum atomic E-state index is 0.0251. The maximum Gasteiger partial charge on any atom is 0.0594 e. The largest absolute Gasteiger partial charge is 0.396 e. The van der Waals surface area contributed by atoms with E-state index in [-0.39, 0.29) is 12.0 Å². The van der Waals surface area contributed by atoms with E-state index in [0.29, 0.717) is 13.2 Å². The van der Waals surface area contributed by atoms with Gasteiger partial charge in [0, 0.05) is 19.6 Å². The highest BCUT2D eigenvalue weighted by Gasteiger charge is 2.39. The van der Waals surface area contributed by atoms with E-state index in [4.69, 9.17) is 9.47 Å². The van der Waals surface area contributed by atoms with Gasteiger partial charge in [0.2, 0.25) is 0 Å². The Morgan fingerprint density at radius 3 is 2.31 bits per heavy atom. The van der Waals surface area contributed by atoms with Crippen LogP contribution in [0.2, 0.25) is 0 Å². The minimum Gasteiger partial charge on any atom is -0.396 e. The SMILES string of the molecule is OCC1(CN2CCOCC2)COC1. The van der Waals surface area contributed by atoms with Crippen LogP contribution in [-0.2, 0) is 9.47 Å². The summed E-state index contributed by atoms with van der Waals surface area (Å²) in [6.45, 7) is 6.23. The van der Waals surface area contributed by atoms with Crippen LogP contribution < -0.4 is 0 Å². The average molecular weight is 187 g/mol. The molecule has 0 aromatic rings. The second-order valence-corrected chi connectivity index (χ2v) is 4.04. The third kappa shape index (κ3) is 2.02. The van der Waals surface area contributed by atoms with Crippen molar-refractivity contribution in [2.24, 2.45) is 5.41 Å². The summed E-state index contributed by atoms with van der Waals surface area (Å²) in [5.41, 5.74) is 0.0251. The second-order valence-electron chi connectivity index (χ2n) is 4.04. The van der Waals surface area contributed by atoms with Gasteiger partial charge in [-0.2, -0.15) is 0 Å². The lowest BCUT2D eigenvalue weighted by molar-refractivity contribution is -0.153. The summed E-state index contributed by atoms with van der Waals surface area (Å²) >= 11 is 0. The summed E-state index contributed by atoms with van der Waals surface area (Å²) in [6.07, 6.45) is 0. The zero-order valence-corrected chi connectivity index (χ0v) is 7.87. The van der Waals surface area contributed by atoms with Crippen LogP contribution in [0, 0.1) is 5.41 Å². The maximum atomic E-state index is 9.23. The summed E-state index contributed by atoms with van der Waals surface area (Å²) < 4.78 is 10.4. The van der Waals surface area contributed by atoms with Crippen molar-refractivity contribution in [1.29, 1.82) is 0 Å². The number of nitrogens with zero attached hydrogens (tertiary/aromatic N) is 1. The Morgan fingerprint density at radius 1 is 1.15 bits per heavy atom. The number of rotatable bonds is 3. The Balaban J connectivity index is 1.81. The summed E-state index contributed by atoms with van der Waals surface area (Å²) in [7, 11) is 0. The minimum absolute atomic E-state index is 0.0251. The van der Waals surface area contributed by atoms with Gasteiger partial charge in [-0.1, -0.05) is 0 Å². The molecule has 2 rings (SSSR count). The lowest BCUT2D eigenvalue weighted by Gasteiger charge is -2.44. The molecule has 0 unspecified atom stereocenters. The van der Waals surface area contributed by atoms with Crippen molar-refractivity contribution >= 4 is 0 Å². The molecule has 1 N–H and O–H groups in total. The van der Waals surface area contributed by atoms with Crippen molar-refractivity contribution in [3.05, 3.63) is 0 Å². The highest BCUT2D eigenvalue weighted by Crippen LogP contribution is 2.28. The van der Waals surface area contributed by atoms with Crippen LogP contribution in [0.5, 0.6) is 0 Å². The fraction of sp³-hybridized carbons (Fsp3) is 1.00. The summed E-state index contributed by atoms with van der Waals surface area (Å²) in [6, 6.07) is 0. The zero-order valence-electron chi connectivity index (χ0n) is 7.87. The van der Waals surface area contributed by atoms with Gasteiger partial charge in [0.15, 0.2) is 0 Å². The first kappa shape index (κ1) is 9.40. The van der Waals surface area contributed by atoms with Crippen molar-refractivity contribution in [3.63, 3.8) is 0 Å². The molecule has 2 fully saturated rings. The Labute approximate surface area is 78.4 Å². The molecule has 13 heavy (non-hydrogen) atoms. The molecule has 0 radical (unpaired) electrons. The number of hydrogen-bond donors (Lipinski definition) is 1. The molecule has 0 aliphatic carbocycles. The van der Waals surface area contributed by atoms with Crippen LogP contribution in [0.4, 0.5) is 0 Å². The maximum absolute atomic E-state index is 9.23. The standard InChI is InChI=1S/C9H17NO3/c11-6-9(7-13-8-9)5-10-1-3-12-4-2-10/h11H,1-8H2. The quantitative estimate of drug-likeness (QED) is 0.636. The van der Waals surface area contributed by atoms with Crippen LogP contribution in [0.3, 0.4) is 0 Å². The smallest absolute Gasteiger partial charge is 0.0594 e. The number of ether oxygens (including phenoxy) is 2. The Bertz CT molecular complexity index is 159. The molecule has 0 saturated carbocycles. The Kier molecular flexibility index (Phi) is 2.83. The molecule has 4 nitrogen and oxygen atoms in total. The van der Waals surface area contributed by atoms with Crippen LogP contribution in [0.1, 0.15) is 0 Å². The number of hydrogen-bond acceptors (Lipinski definition) is 4. The Hall–Kier alpha value is -0.160. The number of aliphatic hydroxyl groups is 1. The highest BCUT2D eigenvalue weighted by atomic mass is 16.5. The first-order valence-electron chi connectivity index (χ1n) is 4.83. The van der Waals surface area contributed by atoms with Gasteiger partial charge in [0.1, 0.15) is 0 Å². The summed E-state index contributed by atoms with van der Waals surface area (Å²) in [4.78, 5) is 2.35. The predicted molar refractivity (Wildman–Crippen MR) is 47.6 cm³/mol. The predicted octanol–water partition coefficient (Wildman–Crippen LogP) is -0.672. The fourth-order valence-electron chi connectivity index (χ4n) is 1.86. The molecule has 76 valence electrons.